The molecule has 0 unspecified atom stereocenters. The maximum atomic E-state index is 12.3. The lowest BCUT2D eigenvalue weighted by Crippen LogP contribution is -2.26. The van der Waals surface area contributed by atoms with Crippen LogP contribution in [0, 0.1) is 0 Å². The third kappa shape index (κ3) is 5.83. The van der Waals surface area contributed by atoms with Gasteiger partial charge in [0.15, 0.2) is 0 Å². The predicted octanol–water partition coefficient (Wildman–Crippen LogP) is 3.74. The number of nitrogens with one attached hydrogen (secondary N) is 2. The van der Waals surface area contributed by atoms with Crippen LogP contribution in [0.5, 0.6) is 0 Å². The molecule has 2 aromatic carbocycles. The monoisotopic (exact) mass is 394 g/mol. The number of sulfonamides is 1. The van der Waals surface area contributed by atoms with Crippen molar-refractivity contribution in [3.63, 3.8) is 0 Å². The van der Waals surface area contributed by atoms with Gasteiger partial charge in [-0.25, -0.2) is 13.1 Å². The average molecular weight is 395 g/mol. The van der Waals surface area contributed by atoms with Gasteiger partial charge in [0, 0.05) is 23.7 Å². The number of carbonyl (C=O) groups excluding carboxylic acids is 1. The van der Waals surface area contributed by atoms with Crippen molar-refractivity contribution in [2.45, 2.75) is 37.6 Å². The van der Waals surface area contributed by atoms with Crippen LogP contribution in [-0.4, -0.2) is 20.9 Å². The minimum atomic E-state index is -3.62. The Balaban J connectivity index is 2.03. The molecular formula is C19H23ClN2O3S. The molecule has 7 heteroatoms. The van der Waals surface area contributed by atoms with E-state index in [4.69, 9.17) is 11.6 Å². The van der Waals surface area contributed by atoms with Crippen LogP contribution in [0.2, 0.25) is 5.02 Å². The second-order valence-corrected chi connectivity index (χ2v) is 8.08. The topological polar surface area (TPSA) is 75.3 Å². The van der Waals surface area contributed by atoms with Crippen LogP contribution in [0.3, 0.4) is 0 Å². The van der Waals surface area contributed by atoms with Crippen LogP contribution < -0.4 is 10.0 Å². The second kappa shape index (κ2) is 9.71. The Morgan fingerprint density at radius 3 is 2.58 bits per heavy atom. The van der Waals surface area contributed by atoms with Crippen molar-refractivity contribution in [1.29, 1.82) is 0 Å². The van der Waals surface area contributed by atoms with Gasteiger partial charge in [-0.2, -0.15) is 0 Å². The SMILES string of the molecule is CCCCCNS(=O)(=O)c1cccc(C(=O)NCc2ccccc2Cl)c1. The molecule has 0 heterocycles. The fraction of sp³-hybridized carbons (Fsp3) is 0.316. The molecule has 0 aliphatic carbocycles. The number of halogens is 1. The first-order valence-electron chi connectivity index (χ1n) is 8.55. The van der Waals surface area contributed by atoms with Crippen molar-refractivity contribution in [2.75, 3.05) is 6.54 Å². The molecular weight excluding hydrogens is 372 g/mol. The lowest BCUT2D eigenvalue weighted by Gasteiger charge is -2.09. The van der Waals surface area contributed by atoms with Crippen LogP contribution >= 0.6 is 11.6 Å². The first-order chi connectivity index (χ1) is 12.4. The van der Waals surface area contributed by atoms with Gasteiger partial charge in [-0.05, 0) is 36.2 Å². The van der Waals surface area contributed by atoms with Crippen molar-refractivity contribution in [3.05, 3.63) is 64.7 Å². The summed E-state index contributed by atoms with van der Waals surface area (Å²) in [4.78, 5) is 12.4. The number of rotatable bonds is 9. The highest BCUT2D eigenvalue weighted by Gasteiger charge is 2.16. The summed E-state index contributed by atoms with van der Waals surface area (Å²) in [5.41, 5.74) is 1.08. The van der Waals surface area contributed by atoms with Gasteiger partial charge in [0.05, 0.1) is 4.90 Å². The normalized spacial score (nSPS) is 11.3. The smallest absolute Gasteiger partial charge is 0.251 e. The first kappa shape index (κ1) is 20.4. The molecule has 1 amide bonds. The molecule has 0 bridgehead atoms. The predicted molar refractivity (Wildman–Crippen MR) is 104 cm³/mol. The zero-order valence-corrected chi connectivity index (χ0v) is 16.2. The van der Waals surface area contributed by atoms with Crippen LogP contribution in [0.15, 0.2) is 53.4 Å². The molecule has 0 aromatic heterocycles. The quantitative estimate of drug-likeness (QED) is 0.636. The van der Waals surface area contributed by atoms with Crippen molar-refractivity contribution < 1.29 is 13.2 Å². The molecule has 2 N–H and O–H groups in total. The average Bonchev–Trinajstić information content (AvgIpc) is 2.64. The summed E-state index contributed by atoms with van der Waals surface area (Å²) in [6.45, 7) is 2.71. The van der Waals surface area contributed by atoms with Crippen molar-refractivity contribution in [2.24, 2.45) is 0 Å². The van der Waals surface area contributed by atoms with E-state index in [2.05, 4.69) is 17.0 Å². The standard InChI is InChI=1S/C19H23ClN2O3S/c1-2-3-6-12-22-26(24,25)17-10-7-9-15(13-17)19(23)21-14-16-8-4-5-11-18(16)20/h4-5,7-11,13,22H,2-3,6,12,14H2,1H3,(H,21,23). The Labute approximate surface area is 159 Å². The molecule has 2 rings (SSSR count). The molecule has 0 saturated heterocycles. The number of hydrogen-bond acceptors (Lipinski definition) is 3. The zero-order valence-electron chi connectivity index (χ0n) is 14.7. The van der Waals surface area contributed by atoms with Gasteiger partial charge in [0.1, 0.15) is 0 Å². The van der Waals surface area contributed by atoms with Crippen LogP contribution in [-0.2, 0) is 16.6 Å². The largest absolute Gasteiger partial charge is 0.348 e. The number of unbranched alkanes of at least 4 members (excludes halogenated alkanes) is 2. The van der Waals surface area contributed by atoms with E-state index >= 15 is 0 Å². The minimum Gasteiger partial charge on any atom is -0.348 e. The summed E-state index contributed by atoms with van der Waals surface area (Å²) >= 11 is 6.07. The van der Waals surface area contributed by atoms with Gasteiger partial charge in [-0.3, -0.25) is 4.79 Å². The highest BCUT2D eigenvalue weighted by Crippen LogP contribution is 2.15. The maximum Gasteiger partial charge on any atom is 0.251 e. The molecule has 0 aliphatic rings. The van der Waals surface area contributed by atoms with Gasteiger partial charge < -0.3 is 5.32 Å². The second-order valence-electron chi connectivity index (χ2n) is 5.91. The Hall–Kier alpha value is -1.89. The van der Waals surface area contributed by atoms with E-state index in [1.807, 2.05) is 18.2 Å². The third-order valence-electron chi connectivity index (χ3n) is 3.88. The lowest BCUT2D eigenvalue weighted by molar-refractivity contribution is 0.0950. The van der Waals surface area contributed by atoms with Gasteiger partial charge in [-0.1, -0.05) is 55.6 Å². The van der Waals surface area contributed by atoms with E-state index in [1.165, 1.54) is 12.1 Å². The zero-order chi connectivity index (χ0) is 19.0. The van der Waals surface area contributed by atoms with Crippen LogP contribution in [0.25, 0.3) is 0 Å². The molecule has 0 aliphatic heterocycles. The summed E-state index contributed by atoms with van der Waals surface area (Å²) < 4.78 is 27.2. The Morgan fingerprint density at radius 2 is 1.85 bits per heavy atom. The van der Waals surface area contributed by atoms with Gasteiger partial charge in [0.25, 0.3) is 5.91 Å². The van der Waals surface area contributed by atoms with E-state index in [0.29, 0.717) is 11.6 Å². The summed E-state index contributed by atoms with van der Waals surface area (Å²) in [7, 11) is -3.62. The van der Waals surface area contributed by atoms with E-state index in [1.54, 1.807) is 18.2 Å². The molecule has 0 saturated carbocycles. The highest BCUT2D eigenvalue weighted by atomic mass is 35.5. The summed E-state index contributed by atoms with van der Waals surface area (Å²) in [6, 6.07) is 13.2. The van der Waals surface area contributed by atoms with E-state index in [0.717, 1.165) is 24.8 Å². The fourth-order valence-corrected chi connectivity index (χ4v) is 3.71. The Kier molecular flexibility index (Phi) is 7.63. The third-order valence-corrected chi connectivity index (χ3v) is 5.70. The molecule has 5 nitrogen and oxygen atoms in total. The number of carbonyl (C=O) groups is 1. The van der Waals surface area contributed by atoms with Gasteiger partial charge in [0.2, 0.25) is 10.0 Å². The van der Waals surface area contributed by atoms with Gasteiger partial charge in [-0.15, -0.1) is 0 Å². The number of hydrogen-bond donors (Lipinski definition) is 2. The van der Waals surface area contributed by atoms with Crippen molar-refractivity contribution in [3.8, 4) is 0 Å². The molecule has 140 valence electrons. The molecule has 2 aromatic rings. The van der Waals surface area contributed by atoms with E-state index in [-0.39, 0.29) is 22.9 Å². The van der Waals surface area contributed by atoms with Crippen LogP contribution in [0.4, 0.5) is 0 Å². The molecule has 0 fully saturated rings. The number of amides is 1. The Morgan fingerprint density at radius 1 is 1.08 bits per heavy atom. The first-order valence-corrected chi connectivity index (χ1v) is 10.4. The highest BCUT2D eigenvalue weighted by molar-refractivity contribution is 7.89. The minimum absolute atomic E-state index is 0.0828. The summed E-state index contributed by atoms with van der Waals surface area (Å²) in [6.07, 6.45) is 2.77. The van der Waals surface area contributed by atoms with E-state index < -0.39 is 10.0 Å². The fourth-order valence-electron chi connectivity index (χ4n) is 2.39. The summed E-state index contributed by atoms with van der Waals surface area (Å²) in [5.74, 6) is -0.354. The lowest BCUT2D eigenvalue weighted by atomic mass is 10.2. The summed E-state index contributed by atoms with van der Waals surface area (Å²) in [5, 5.41) is 3.33. The van der Waals surface area contributed by atoms with Gasteiger partial charge >= 0.3 is 0 Å². The van der Waals surface area contributed by atoms with Crippen molar-refractivity contribution >= 4 is 27.5 Å². The maximum absolute atomic E-state index is 12.3. The number of benzene rings is 2. The van der Waals surface area contributed by atoms with Crippen LogP contribution in [0.1, 0.15) is 42.1 Å². The van der Waals surface area contributed by atoms with E-state index in [9.17, 15) is 13.2 Å². The van der Waals surface area contributed by atoms with Crippen molar-refractivity contribution in [1.82, 2.24) is 10.0 Å². The Bertz CT molecular complexity index is 853. The molecule has 0 radical (unpaired) electrons. The molecule has 0 spiro atoms. The molecule has 26 heavy (non-hydrogen) atoms. The molecule has 0 atom stereocenters.